The Balaban J connectivity index is 0.863. The Labute approximate surface area is 478 Å². The van der Waals surface area contributed by atoms with Crippen molar-refractivity contribution in [2.24, 2.45) is 40.2 Å². The summed E-state index contributed by atoms with van der Waals surface area (Å²) in [5.41, 5.74) is 4.39. The second kappa shape index (κ2) is 26.9. The van der Waals surface area contributed by atoms with Crippen LogP contribution in [0.3, 0.4) is 0 Å². The lowest BCUT2D eigenvalue weighted by atomic mass is 9.46. The second-order valence-corrected chi connectivity index (χ2v) is 23.5. The summed E-state index contributed by atoms with van der Waals surface area (Å²) in [5, 5.41) is 22.8. The molecule has 23 nitrogen and oxygen atoms in total. The maximum atomic E-state index is 14.7. The minimum absolute atomic E-state index is 0.0251. The summed E-state index contributed by atoms with van der Waals surface area (Å²) >= 11 is 0. The monoisotopic (exact) mass is 1140 g/mol. The molecule has 7 rings (SSSR count). The van der Waals surface area contributed by atoms with Gasteiger partial charge in [-0.25, -0.2) is 14.4 Å². The molecular formula is C59H82N8O15. The number of aliphatic hydroxyl groups is 1. The SMILES string of the molecule is CCCC1O[C@@H]2C[C@H]3[C@@H]4CCC5=CC(=O)C=C[C@]5(C)[C@H]4[C@@H](O)C[C@]3(C)[C@]2(C(=O)COC(=O)N(C)CCN(C)C(=O)OCc2ccc(NC(=O)[C@H](CCCNC(N)=O)NC(=O)[C@@H](NC(=O)CCCCCN3C(=O)C=CC3=O)C(C)C)cc2)O1. The minimum Gasteiger partial charge on any atom is -0.445 e. The summed E-state index contributed by atoms with van der Waals surface area (Å²) in [4.78, 5) is 132. The zero-order valence-corrected chi connectivity index (χ0v) is 48.2. The van der Waals surface area contributed by atoms with E-state index in [-0.39, 0.29) is 106 Å². The van der Waals surface area contributed by atoms with Gasteiger partial charge in [0.2, 0.25) is 23.5 Å². The summed E-state index contributed by atoms with van der Waals surface area (Å²) in [6.07, 6.45) is 9.77. The van der Waals surface area contributed by atoms with E-state index < -0.39 is 89.4 Å². The van der Waals surface area contributed by atoms with Crippen LogP contribution in [0.15, 0.2) is 60.2 Å². The minimum atomic E-state index is -1.46. The van der Waals surface area contributed by atoms with E-state index in [1.54, 1.807) is 50.3 Å². The van der Waals surface area contributed by atoms with E-state index in [9.17, 15) is 53.1 Å². The van der Waals surface area contributed by atoms with Crippen LogP contribution >= 0.6 is 0 Å². The second-order valence-electron chi connectivity index (χ2n) is 23.5. The lowest BCUT2D eigenvalue weighted by Crippen LogP contribution is -2.63. The number of nitrogens with two attached hydrogens (primary N) is 1. The number of anilines is 1. The number of likely N-dealkylation sites (N-methyl/N-ethyl adjacent to an activating group) is 2. The van der Waals surface area contributed by atoms with Crippen molar-refractivity contribution >= 4 is 65.0 Å². The molecule has 448 valence electrons. The fourth-order valence-electron chi connectivity index (χ4n) is 13.2. The molecule has 2 aliphatic heterocycles. The molecule has 3 saturated carbocycles. The Bertz CT molecular complexity index is 2680. The van der Waals surface area contributed by atoms with Gasteiger partial charge in [-0.2, -0.15) is 0 Å². The summed E-state index contributed by atoms with van der Waals surface area (Å²) in [7, 11) is 2.99. The molecule has 1 aromatic rings. The van der Waals surface area contributed by atoms with Crippen molar-refractivity contribution < 1.29 is 72.0 Å². The summed E-state index contributed by atoms with van der Waals surface area (Å²) in [6, 6.07) is 3.65. The van der Waals surface area contributed by atoms with Gasteiger partial charge in [0.1, 0.15) is 18.7 Å². The van der Waals surface area contributed by atoms with Gasteiger partial charge < -0.3 is 60.9 Å². The number of ketones is 2. The van der Waals surface area contributed by atoms with Crippen LogP contribution in [0.4, 0.5) is 20.1 Å². The van der Waals surface area contributed by atoms with Gasteiger partial charge in [-0.15, -0.1) is 0 Å². The molecule has 1 unspecified atom stereocenters. The molecule has 0 spiro atoms. The number of hydrogen-bond acceptors (Lipinski definition) is 15. The van der Waals surface area contributed by atoms with Gasteiger partial charge in [0, 0.05) is 81.3 Å². The lowest BCUT2D eigenvalue weighted by molar-refractivity contribution is -0.200. The molecule has 11 atom stereocenters. The van der Waals surface area contributed by atoms with Gasteiger partial charge in [-0.3, -0.25) is 38.5 Å². The molecule has 0 aromatic heterocycles. The summed E-state index contributed by atoms with van der Waals surface area (Å²) in [5.74, 6) is -3.28. The molecule has 4 aliphatic carbocycles. The first-order valence-electron chi connectivity index (χ1n) is 28.7. The van der Waals surface area contributed by atoms with E-state index in [1.807, 2.05) is 19.9 Å². The Kier molecular flexibility index (Phi) is 20.6. The molecule has 1 aromatic carbocycles. The number of hydrogen-bond donors (Lipinski definition) is 6. The number of benzene rings is 1. The lowest BCUT2D eigenvalue weighted by Gasteiger charge is -2.59. The standard InChI is InChI=1S/C59H82N8O15/c1-8-13-49-81-45-31-41-40-21-18-37-30-39(68)24-25-57(37,4)50(40)43(69)32-58(41,5)59(45,82-49)44(70)34-80-56(78)66(7)29-28-65(6)55(77)79-33-36-16-19-38(20-17-36)62-52(74)42(14-12-26-61-54(60)76)63-53(75)51(35(2)3)64-46(71)15-10-9-11-27-67-47(72)22-23-48(67)73/h16-17,19-20,22-25,30,35,40-43,45,49-51,69H,8-15,18,21,26-29,31-34H2,1-7H3,(H,62,74)(H,63,75)(H,64,71)(H3,60,61,76)/t40-,41-,42-,43-,45+,49?,50+,51-,57-,58-,59+/m0/s1. The van der Waals surface area contributed by atoms with E-state index >= 15 is 0 Å². The predicted octanol–water partition coefficient (Wildman–Crippen LogP) is 4.56. The van der Waals surface area contributed by atoms with E-state index in [0.29, 0.717) is 49.8 Å². The smallest absolute Gasteiger partial charge is 0.409 e. The zero-order valence-electron chi connectivity index (χ0n) is 48.2. The number of allylic oxidation sites excluding steroid dienone is 4. The average Bonchev–Trinajstić information content (AvgIpc) is 1.55. The van der Waals surface area contributed by atoms with Gasteiger partial charge in [0.25, 0.3) is 11.8 Å². The number of unbranched alkanes of at least 4 members (excludes halogenated alkanes) is 2. The Hall–Kier alpha value is -6.98. The third kappa shape index (κ3) is 13.9. The number of amides is 9. The van der Waals surface area contributed by atoms with Crippen molar-refractivity contribution in [1.82, 2.24) is 30.7 Å². The molecule has 0 bridgehead atoms. The number of nitrogens with zero attached hydrogens (tertiary/aromatic N) is 3. The largest absolute Gasteiger partial charge is 0.445 e. The number of primary amides is 1. The van der Waals surface area contributed by atoms with Crippen molar-refractivity contribution in [3.05, 3.63) is 65.8 Å². The number of fused-ring (bicyclic) bond motifs is 7. The zero-order chi connectivity index (χ0) is 59.7. The number of ether oxygens (including phenoxy) is 4. The third-order valence-corrected chi connectivity index (χ3v) is 17.6. The van der Waals surface area contributed by atoms with Crippen LogP contribution < -0.4 is 27.0 Å². The van der Waals surface area contributed by atoms with Crippen molar-refractivity contribution in [3.63, 3.8) is 0 Å². The van der Waals surface area contributed by atoms with E-state index in [1.165, 1.54) is 36.0 Å². The predicted molar refractivity (Wildman–Crippen MR) is 297 cm³/mol. The fourth-order valence-corrected chi connectivity index (χ4v) is 13.2. The molecule has 4 fully saturated rings. The molecule has 2 heterocycles. The van der Waals surface area contributed by atoms with Crippen LogP contribution in [0.25, 0.3) is 0 Å². The van der Waals surface area contributed by atoms with Crippen LogP contribution in [-0.4, -0.2) is 162 Å². The Morgan fingerprint density at radius 2 is 1.57 bits per heavy atom. The molecular weight excluding hydrogens is 1060 g/mol. The van der Waals surface area contributed by atoms with Crippen LogP contribution in [0.5, 0.6) is 0 Å². The van der Waals surface area contributed by atoms with Crippen molar-refractivity contribution in [1.29, 1.82) is 0 Å². The molecule has 7 N–H and O–H groups in total. The van der Waals surface area contributed by atoms with Gasteiger partial charge in [0.15, 0.2) is 24.3 Å². The third-order valence-electron chi connectivity index (χ3n) is 17.6. The van der Waals surface area contributed by atoms with Crippen LogP contribution in [0.2, 0.25) is 0 Å². The number of imide groups is 1. The van der Waals surface area contributed by atoms with Crippen LogP contribution in [0, 0.1) is 34.5 Å². The number of carbonyl (C=O) groups excluding carboxylic acids is 10. The number of urea groups is 1. The first-order valence-corrected chi connectivity index (χ1v) is 28.7. The normalized spacial score (nSPS) is 27.5. The maximum absolute atomic E-state index is 14.7. The fraction of sp³-hybridized carbons (Fsp3) is 0.627. The average molecular weight is 1140 g/mol. The highest BCUT2D eigenvalue weighted by Gasteiger charge is 2.76. The molecule has 82 heavy (non-hydrogen) atoms. The summed E-state index contributed by atoms with van der Waals surface area (Å²) in [6.45, 7) is 9.35. The van der Waals surface area contributed by atoms with Crippen LogP contribution in [0.1, 0.15) is 117 Å². The van der Waals surface area contributed by atoms with Crippen molar-refractivity contribution in [2.75, 3.05) is 52.2 Å². The van der Waals surface area contributed by atoms with Gasteiger partial charge in [0.05, 0.1) is 12.2 Å². The highest BCUT2D eigenvalue weighted by Crippen LogP contribution is 2.69. The molecule has 9 amide bonds. The van der Waals surface area contributed by atoms with E-state index in [2.05, 4.69) is 28.2 Å². The summed E-state index contributed by atoms with van der Waals surface area (Å²) < 4.78 is 24.4. The van der Waals surface area contributed by atoms with E-state index in [0.717, 1.165) is 23.3 Å². The Morgan fingerprint density at radius 1 is 0.890 bits per heavy atom. The molecule has 1 saturated heterocycles. The van der Waals surface area contributed by atoms with Gasteiger partial charge >= 0.3 is 18.2 Å². The molecule has 6 aliphatic rings. The quantitative estimate of drug-likeness (QED) is 0.0547. The number of carbonyl (C=O) groups is 10. The highest BCUT2D eigenvalue weighted by molar-refractivity contribution is 6.12. The van der Waals surface area contributed by atoms with Gasteiger partial charge in [-0.05, 0) is 105 Å². The first-order chi connectivity index (χ1) is 38.9. The number of Topliss-reactive ketones (excluding diaryl/α,β-unsaturated/α-hetero) is 1. The van der Waals surface area contributed by atoms with Crippen LogP contribution in [-0.2, 0) is 59.1 Å². The number of nitrogens with one attached hydrogen (secondary N) is 4. The molecule has 23 heteroatoms. The van der Waals surface area contributed by atoms with E-state index in [4.69, 9.17) is 24.7 Å². The number of rotatable bonds is 26. The first kappa shape index (κ1) is 62.6. The van der Waals surface area contributed by atoms with Crippen molar-refractivity contribution in [3.8, 4) is 0 Å². The van der Waals surface area contributed by atoms with Gasteiger partial charge in [-0.1, -0.05) is 71.2 Å². The maximum Gasteiger partial charge on any atom is 0.409 e. The Morgan fingerprint density at radius 3 is 2.23 bits per heavy atom. The number of aliphatic hydroxyl groups excluding tert-OH is 1. The van der Waals surface area contributed by atoms with Crippen molar-refractivity contribution in [2.45, 2.75) is 154 Å². The highest BCUT2D eigenvalue weighted by atomic mass is 16.7. The molecule has 0 radical (unpaired) electrons. The topological polar surface area (TPSA) is 312 Å².